The molecule has 0 bridgehead atoms. The van der Waals surface area contributed by atoms with Crippen LogP contribution in [0.1, 0.15) is 6.92 Å². The molecule has 0 aliphatic rings. The predicted octanol–water partition coefficient (Wildman–Crippen LogP) is 1.63. The van der Waals surface area contributed by atoms with Crippen molar-refractivity contribution in [2.45, 2.75) is 6.92 Å². The second-order valence-electron chi connectivity index (χ2n) is 3.52. The molecule has 7 nitrogen and oxygen atoms in total. The molecule has 0 radical (unpaired) electrons. The second kappa shape index (κ2) is 5.41. The number of hydrogen-bond acceptors (Lipinski definition) is 6. The average Bonchev–Trinajstić information content (AvgIpc) is 2.28. The van der Waals surface area contributed by atoms with Gasteiger partial charge in [0, 0.05) is 13.6 Å². The van der Waals surface area contributed by atoms with Gasteiger partial charge < -0.3 is 4.90 Å². The van der Waals surface area contributed by atoms with Crippen molar-refractivity contribution in [2.75, 3.05) is 18.5 Å². The first-order valence-corrected chi connectivity index (χ1v) is 5.11. The quantitative estimate of drug-likeness (QED) is 0.461. The van der Waals surface area contributed by atoms with Gasteiger partial charge in [0.15, 0.2) is 0 Å². The minimum Gasteiger partial charge on any atom is -0.353 e. The summed E-state index contributed by atoms with van der Waals surface area (Å²) in [7, 11) is 1.61. The summed E-state index contributed by atoms with van der Waals surface area (Å²) < 4.78 is 0. The van der Waals surface area contributed by atoms with Gasteiger partial charge in [-0.2, -0.15) is 10.2 Å². The molecule has 0 N–H and O–H groups in total. The Hall–Kier alpha value is -1.94. The fourth-order valence-electron chi connectivity index (χ4n) is 1.29. The van der Waals surface area contributed by atoms with Gasteiger partial charge in [-0.05, 0) is 18.5 Å². The molecular weight excluding hydrogens is 246 g/mol. The van der Waals surface area contributed by atoms with Gasteiger partial charge >= 0.3 is 5.69 Å². The van der Waals surface area contributed by atoms with Crippen LogP contribution in [0.15, 0.2) is 6.20 Å². The minimum absolute atomic E-state index is 0.0675. The van der Waals surface area contributed by atoms with Gasteiger partial charge in [0.05, 0.1) is 16.9 Å². The van der Waals surface area contributed by atoms with Crippen molar-refractivity contribution < 1.29 is 4.92 Å². The van der Waals surface area contributed by atoms with Gasteiger partial charge in [-0.25, -0.2) is 4.98 Å². The first-order valence-electron chi connectivity index (χ1n) is 4.73. The summed E-state index contributed by atoms with van der Waals surface area (Å²) in [5, 5.41) is 19.4. The maximum atomic E-state index is 10.8. The van der Waals surface area contributed by atoms with Gasteiger partial charge in [0.25, 0.3) is 0 Å². The Labute approximate surface area is 103 Å². The highest BCUT2D eigenvalue weighted by molar-refractivity contribution is 6.28. The van der Waals surface area contributed by atoms with Crippen molar-refractivity contribution in [3.8, 4) is 6.07 Å². The molecule has 1 rings (SSSR count). The maximum absolute atomic E-state index is 10.8. The lowest BCUT2D eigenvalue weighted by atomic mass is 10.2. The Morgan fingerprint density at radius 1 is 1.76 bits per heavy atom. The Morgan fingerprint density at radius 3 is 2.94 bits per heavy atom. The largest absolute Gasteiger partial charge is 0.353 e. The van der Waals surface area contributed by atoms with Crippen LogP contribution >= 0.6 is 11.6 Å². The van der Waals surface area contributed by atoms with Crippen LogP contribution in [0.25, 0.3) is 0 Å². The molecule has 90 valence electrons. The molecule has 1 atom stereocenters. The van der Waals surface area contributed by atoms with E-state index in [2.05, 4.69) is 9.97 Å². The number of hydrogen-bond donors (Lipinski definition) is 0. The number of nitro groups is 1. The lowest BCUT2D eigenvalue weighted by Crippen LogP contribution is -2.25. The van der Waals surface area contributed by atoms with Gasteiger partial charge in [0.2, 0.25) is 11.1 Å². The van der Waals surface area contributed by atoms with Crippen LogP contribution in [-0.2, 0) is 0 Å². The summed E-state index contributed by atoms with van der Waals surface area (Å²) >= 11 is 5.60. The van der Waals surface area contributed by atoms with Gasteiger partial charge in [-0.1, -0.05) is 0 Å². The summed E-state index contributed by atoms with van der Waals surface area (Å²) in [6, 6.07) is 2.04. The fraction of sp³-hybridized carbons (Fsp3) is 0.444. The third-order valence-electron chi connectivity index (χ3n) is 2.05. The van der Waals surface area contributed by atoms with E-state index in [-0.39, 0.29) is 22.7 Å². The zero-order valence-corrected chi connectivity index (χ0v) is 10.0. The number of anilines is 1. The first kappa shape index (κ1) is 13.1. The van der Waals surface area contributed by atoms with E-state index in [1.807, 2.05) is 6.07 Å². The summed E-state index contributed by atoms with van der Waals surface area (Å²) in [6.45, 7) is 2.04. The smallest absolute Gasteiger partial charge is 0.329 e. The highest BCUT2D eigenvalue weighted by Gasteiger charge is 2.21. The van der Waals surface area contributed by atoms with Crippen LogP contribution in [0, 0.1) is 27.4 Å². The third-order valence-corrected chi connectivity index (χ3v) is 2.23. The molecule has 1 unspecified atom stereocenters. The molecule has 1 aromatic heterocycles. The topological polar surface area (TPSA) is 96.0 Å². The second-order valence-corrected chi connectivity index (χ2v) is 3.85. The van der Waals surface area contributed by atoms with Crippen LogP contribution in [0.3, 0.4) is 0 Å². The average molecular weight is 256 g/mol. The number of aromatic nitrogens is 2. The van der Waals surface area contributed by atoms with Crippen molar-refractivity contribution in [1.29, 1.82) is 5.26 Å². The Kier molecular flexibility index (Phi) is 4.17. The third kappa shape index (κ3) is 3.26. The van der Waals surface area contributed by atoms with Crippen molar-refractivity contribution in [2.24, 2.45) is 5.92 Å². The van der Waals surface area contributed by atoms with E-state index in [9.17, 15) is 10.1 Å². The predicted molar refractivity (Wildman–Crippen MR) is 61.7 cm³/mol. The van der Waals surface area contributed by atoms with Crippen molar-refractivity contribution >= 4 is 23.1 Å². The lowest BCUT2D eigenvalue weighted by molar-refractivity contribution is -0.384. The SMILES string of the molecule is CC(C#N)CN(C)c1nc(Cl)ncc1[N+](=O)[O-]. The van der Waals surface area contributed by atoms with Crippen LogP contribution in [0.5, 0.6) is 0 Å². The molecule has 0 fully saturated rings. The molecule has 0 aliphatic heterocycles. The zero-order valence-electron chi connectivity index (χ0n) is 9.29. The number of nitrogens with zero attached hydrogens (tertiary/aromatic N) is 5. The number of halogens is 1. The van der Waals surface area contributed by atoms with E-state index in [1.54, 1.807) is 14.0 Å². The number of nitriles is 1. The molecule has 0 saturated carbocycles. The molecule has 0 amide bonds. The monoisotopic (exact) mass is 255 g/mol. The van der Waals surface area contributed by atoms with Crippen LogP contribution in [-0.4, -0.2) is 28.5 Å². The number of rotatable bonds is 4. The van der Waals surface area contributed by atoms with E-state index in [0.717, 1.165) is 6.20 Å². The van der Waals surface area contributed by atoms with Crippen molar-refractivity contribution in [3.63, 3.8) is 0 Å². The highest BCUT2D eigenvalue weighted by Crippen LogP contribution is 2.25. The van der Waals surface area contributed by atoms with Crippen LogP contribution in [0.2, 0.25) is 5.28 Å². The van der Waals surface area contributed by atoms with Gasteiger partial charge in [-0.15, -0.1) is 0 Å². The molecule has 0 spiro atoms. The molecule has 17 heavy (non-hydrogen) atoms. The van der Waals surface area contributed by atoms with E-state index in [0.29, 0.717) is 6.54 Å². The summed E-state index contributed by atoms with van der Waals surface area (Å²) in [4.78, 5) is 19.1. The minimum atomic E-state index is -0.584. The molecule has 8 heteroatoms. The van der Waals surface area contributed by atoms with E-state index in [1.165, 1.54) is 4.90 Å². The molecule has 1 aromatic rings. The summed E-state index contributed by atoms with van der Waals surface area (Å²) in [5.41, 5.74) is -0.234. The Bertz CT molecular complexity index is 473. The molecule has 0 aliphatic carbocycles. The van der Waals surface area contributed by atoms with Gasteiger partial charge in [0.1, 0.15) is 6.20 Å². The Morgan fingerprint density at radius 2 is 2.41 bits per heavy atom. The Balaban J connectivity index is 3.07. The maximum Gasteiger partial charge on any atom is 0.329 e. The highest BCUT2D eigenvalue weighted by atomic mass is 35.5. The summed E-state index contributed by atoms with van der Waals surface area (Å²) in [6.07, 6.45) is 1.05. The standard InChI is InChI=1S/C9H10ClN5O2/c1-6(3-11)5-14(2)8-7(15(16)17)4-12-9(10)13-8/h4,6H,5H2,1-2H3. The van der Waals surface area contributed by atoms with E-state index < -0.39 is 4.92 Å². The molecule has 0 aromatic carbocycles. The zero-order chi connectivity index (χ0) is 13.0. The fourth-order valence-corrected chi connectivity index (χ4v) is 1.42. The van der Waals surface area contributed by atoms with E-state index in [4.69, 9.17) is 16.9 Å². The van der Waals surface area contributed by atoms with Crippen LogP contribution in [0.4, 0.5) is 11.5 Å². The molecule has 1 heterocycles. The molecular formula is C9H10ClN5O2. The normalized spacial score (nSPS) is 11.6. The molecule has 0 saturated heterocycles. The van der Waals surface area contributed by atoms with Crippen LogP contribution < -0.4 is 4.90 Å². The van der Waals surface area contributed by atoms with Gasteiger partial charge in [-0.3, -0.25) is 10.1 Å². The lowest BCUT2D eigenvalue weighted by Gasteiger charge is -2.18. The van der Waals surface area contributed by atoms with E-state index >= 15 is 0 Å². The summed E-state index contributed by atoms with van der Waals surface area (Å²) in [5.74, 6) is -0.162. The van der Waals surface area contributed by atoms with Crippen molar-refractivity contribution in [3.05, 3.63) is 21.6 Å². The van der Waals surface area contributed by atoms with Crippen molar-refractivity contribution in [1.82, 2.24) is 9.97 Å². The first-order chi connectivity index (χ1) is 7.95.